The van der Waals surface area contributed by atoms with Gasteiger partial charge in [0.2, 0.25) is 5.91 Å². The van der Waals surface area contributed by atoms with Crippen molar-refractivity contribution in [3.63, 3.8) is 0 Å². The molecule has 1 N–H and O–H groups in total. The topological polar surface area (TPSA) is 92.8 Å². The molecule has 1 amide bonds. The van der Waals surface area contributed by atoms with Gasteiger partial charge in [-0.1, -0.05) is 35.0 Å². The van der Waals surface area contributed by atoms with Crippen molar-refractivity contribution < 1.29 is 9.53 Å². The third kappa shape index (κ3) is 5.22. The van der Waals surface area contributed by atoms with Gasteiger partial charge in [0, 0.05) is 18.1 Å². The lowest BCUT2D eigenvalue weighted by molar-refractivity contribution is -0.113. The van der Waals surface area contributed by atoms with Gasteiger partial charge < -0.3 is 14.6 Å². The van der Waals surface area contributed by atoms with E-state index >= 15 is 0 Å². The van der Waals surface area contributed by atoms with Gasteiger partial charge in [0.25, 0.3) is 0 Å². The monoisotopic (exact) mass is 467 g/mol. The minimum absolute atomic E-state index is 0.129. The van der Waals surface area contributed by atoms with E-state index in [4.69, 9.17) is 33.2 Å². The van der Waals surface area contributed by atoms with Crippen LogP contribution in [-0.4, -0.2) is 26.4 Å². The molecule has 2 heterocycles. The van der Waals surface area contributed by atoms with Crippen LogP contribution in [0.1, 0.15) is 24.4 Å². The predicted octanol–water partition coefficient (Wildman–Crippen LogP) is 4.93. The number of ether oxygens (including phenoxy) is 1. The van der Waals surface area contributed by atoms with E-state index < -0.39 is 6.10 Å². The Morgan fingerprint density at radius 3 is 2.97 bits per heavy atom. The fraction of sp³-hybridized carbons (Fsp3) is 0.222. The van der Waals surface area contributed by atoms with Gasteiger partial charge in [-0.3, -0.25) is 4.79 Å². The van der Waals surface area contributed by atoms with E-state index in [2.05, 4.69) is 15.5 Å². The van der Waals surface area contributed by atoms with Crippen LogP contribution in [0.15, 0.2) is 34.8 Å². The molecule has 11 heteroatoms. The summed E-state index contributed by atoms with van der Waals surface area (Å²) in [7, 11) is 1.79. The minimum atomic E-state index is -0.434. The lowest BCUT2D eigenvalue weighted by Crippen LogP contribution is -2.14. The second kappa shape index (κ2) is 9.50. The predicted molar refractivity (Wildman–Crippen MR) is 115 cm³/mol. The number of rotatable bonds is 7. The van der Waals surface area contributed by atoms with Crippen LogP contribution in [0.2, 0.25) is 10.0 Å². The number of hydrogen-bond donors (Lipinski definition) is 1. The molecule has 0 fully saturated rings. The molecule has 1 aromatic carbocycles. The summed E-state index contributed by atoms with van der Waals surface area (Å²) in [4.78, 5) is 12.2. The molecule has 2 aromatic heterocycles. The quantitative estimate of drug-likeness (QED) is 0.495. The third-order valence-electron chi connectivity index (χ3n) is 3.80. The van der Waals surface area contributed by atoms with E-state index in [1.165, 1.54) is 23.1 Å². The van der Waals surface area contributed by atoms with Crippen LogP contribution in [0, 0.1) is 11.3 Å². The number of hydrogen-bond acceptors (Lipinski definition) is 7. The molecule has 7 nitrogen and oxygen atoms in total. The second-order valence-electron chi connectivity index (χ2n) is 5.85. The van der Waals surface area contributed by atoms with Gasteiger partial charge in [-0.2, -0.15) is 5.26 Å². The number of nitrogens with zero attached hydrogens (tertiary/aromatic N) is 4. The van der Waals surface area contributed by atoms with Crippen molar-refractivity contribution in [1.29, 1.82) is 5.26 Å². The zero-order valence-electron chi connectivity index (χ0n) is 15.3. The van der Waals surface area contributed by atoms with Gasteiger partial charge in [0.1, 0.15) is 16.8 Å². The summed E-state index contributed by atoms with van der Waals surface area (Å²) in [5.41, 5.74) is 0.444. The summed E-state index contributed by atoms with van der Waals surface area (Å²) in [6, 6.07) is 8.68. The number of carbonyl (C=O) groups is 1. The Kier molecular flexibility index (Phi) is 7.03. The first kappa shape index (κ1) is 21.5. The third-order valence-corrected chi connectivity index (χ3v) is 6.20. The summed E-state index contributed by atoms with van der Waals surface area (Å²) in [6.45, 7) is 1.82. The number of nitriles is 1. The summed E-state index contributed by atoms with van der Waals surface area (Å²) in [6.07, 6.45) is -0.434. The van der Waals surface area contributed by atoms with E-state index in [0.29, 0.717) is 37.3 Å². The summed E-state index contributed by atoms with van der Waals surface area (Å²) < 4.78 is 7.63. The molecule has 0 aliphatic rings. The van der Waals surface area contributed by atoms with Gasteiger partial charge in [-0.15, -0.1) is 21.5 Å². The van der Waals surface area contributed by atoms with Gasteiger partial charge in [0.05, 0.1) is 16.3 Å². The normalized spacial score (nSPS) is 11.7. The van der Waals surface area contributed by atoms with Crippen LogP contribution in [0.5, 0.6) is 5.75 Å². The molecule has 150 valence electrons. The van der Waals surface area contributed by atoms with Crippen LogP contribution in [0.25, 0.3) is 0 Å². The Bertz CT molecular complexity index is 1080. The maximum Gasteiger partial charge on any atom is 0.235 e. The first-order chi connectivity index (χ1) is 13.9. The van der Waals surface area contributed by atoms with Crippen molar-refractivity contribution >= 4 is 57.2 Å². The average molecular weight is 468 g/mol. The number of thiophene rings is 1. The molecule has 0 aliphatic heterocycles. The van der Waals surface area contributed by atoms with Crippen molar-refractivity contribution in [2.24, 2.45) is 7.05 Å². The molecule has 0 saturated heterocycles. The molecule has 3 rings (SSSR count). The largest absolute Gasteiger partial charge is 0.481 e. The van der Waals surface area contributed by atoms with Crippen molar-refractivity contribution in [2.75, 3.05) is 11.1 Å². The molecule has 0 saturated carbocycles. The lowest BCUT2D eigenvalue weighted by atomic mass is 10.3. The summed E-state index contributed by atoms with van der Waals surface area (Å²) in [5, 5.41) is 23.8. The standard InChI is InChI=1S/C18H15Cl2N5O2S2/c1-10(27-14-7-12(19)3-4-13(14)20)16-23-24-18(25(16)2)29-9-15(26)22-17-11(8-21)5-6-28-17/h3-7,10H,9H2,1-2H3,(H,22,26). The molecular weight excluding hydrogens is 453 g/mol. The van der Waals surface area contributed by atoms with E-state index in [1.807, 2.05) is 13.0 Å². The number of carbonyl (C=O) groups excluding carboxylic acids is 1. The van der Waals surface area contributed by atoms with Crippen LogP contribution >= 0.6 is 46.3 Å². The summed E-state index contributed by atoms with van der Waals surface area (Å²) >= 11 is 14.7. The van der Waals surface area contributed by atoms with Gasteiger partial charge in [0.15, 0.2) is 17.1 Å². The highest BCUT2D eigenvalue weighted by molar-refractivity contribution is 7.99. The zero-order valence-corrected chi connectivity index (χ0v) is 18.5. The average Bonchev–Trinajstić information content (AvgIpc) is 3.29. The highest BCUT2D eigenvalue weighted by atomic mass is 35.5. The number of nitrogens with one attached hydrogen (secondary N) is 1. The van der Waals surface area contributed by atoms with Crippen molar-refractivity contribution in [2.45, 2.75) is 18.2 Å². The number of anilines is 1. The number of amides is 1. The SMILES string of the molecule is CC(Oc1cc(Cl)ccc1Cl)c1nnc(SCC(=O)Nc2sccc2C#N)n1C. The Morgan fingerprint density at radius 2 is 2.21 bits per heavy atom. The Morgan fingerprint density at radius 1 is 1.41 bits per heavy atom. The van der Waals surface area contributed by atoms with E-state index in [-0.39, 0.29) is 11.7 Å². The van der Waals surface area contributed by atoms with Crippen molar-refractivity contribution in [3.05, 3.63) is 51.1 Å². The van der Waals surface area contributed by atoms with E-state index in [0.717, 1.165) is 0 Å². The number of benzene rings is 1. The maximum absolute atomic E-state index is 12.2. The minimum Gasteiger partial charge on any atom is -0.481 e. The fourth-order valence-electron chi connectivity index (χ4n) is 2.40. The highest BCUT2D eigenvalue weighted by Gasteiger charge is 2.19. The highest BCUT2D eigenvalue weighted by Crippen LogP contribution is 2.31. The van der Waals surface area contributed by atoms with Gasteiger partial charge in [-0.05, 0) is 30.5 Å². The first-order valence-corrected chi connectivity index (χ1v) is 10.9. The molecule has 0 aliphatic carbocycles. The maximum atomic E-state index is 12.2. The Balaban J connectivity index is 1.62. The van der Waals surface area contributed by atoms with Crippen LogP contribution in [0.4, 0.5) is 5.00 Å². The van der Waals surface area contributed by atoms with E-state index in [9.17, 15) is 4.79 Å². The number of aromatic nitrogens is 3. The van der Waals surface area contributed by atoms with Crippen molar-refractivity contribution in [1.82, 2.24) is 14.8 Å². The zero-order chi connectivity index (χ0) is 21.0. The van der Waals surface area contributed by atoms with Crippen LogP contribution < -0.4 is 10.1 Å². The van der Waals surface area contributed by atoms with Crippen molar-refractivity contribution in [3.8, 4) is 11.8 Å². The lowest BCUT2D eigenvalue weighted by Gasteiger charge is -2.15. The Hall–Kier alpha value is -2.25. The van der Waals surface area contributed by atoms with Gasteiger partial charge >= 0.3 is 0 Å². The molecule has 1 atom stereocenters. The Labute approximate surface area is 185 Å². The molecule has 3 aromatic rings. The fourth-order valence-corrected chi connectivity index (χ4v) is 4.20. The van der Waals surface area contributed by atoms with Crippen LogP contribution in [-0.2, 0) is 11.8 Å². The smallest absolute Gasteiger partial charge is 0.235 e. The molecule has 29 heavy (non-hydrogen) atoms. The summed E-state index contributed by atoms with van der Waals surface area (Å²) in [5.74, 6) is 0.930. The molecule has 0 radical (unpaired) electrons. The van der Waals surface area contributed by atoms with Gasteiger partial charge in [-0.25, -0.2) is 0 Å². The molecular formula is C18H15Cl2N5O2S2. The molecule has 0 spiro atoms. The van der Waals surface area contributed by atoms with Crippen LogP contribution in [0.3, 0.4) is 0 Å². The van der Waals surface area contributed by atoms with E-state index in [1.54, 1.807) is 41.3 Å². The number of thioether (sulfide) groups is 1. The molecule has 0 bridgehead atoms. The number of halogens is 2. The first-order valence-electron chi connectivity index (χ1n) is 8.30. The molecule has 1 unspecified atom stereocenters. The second-order valence-corrected chi connectivity index (χ2v) is 8.55.